The smallest absolute Gasteiger partial charge is 0.354 e. The van der Waals surface area contributed by atoms with Gasteiger partial charge in [0.25, 0.3) is 0 Å². The van der Waals surface area contributed by atoms with Crippen molar-refractivity contribution in [3.63, 3.8) is 0 Å². The molecule has 3 rings (SSSR count). The highest BCUT2D eigenvalue weighted by Gasteiger charge is 2.19. The largest absolute Gasteiger partial charge is 0.455 e. The van der Waals surface area contributed by atoms with Gasteiger partial charge in [-0.15, -0.1) is 0 Å². The number of halogens is 1. The van der Waals surface area contributed by atoms with Crippen LogP contribution in [0, 0.1) is 0 Å². The second-order valence-corrected chi connectivity index (χ2v) is 5.33. The first-order chi connectivity index (χ1) is 11.1. The van der Waals surface area contributed by atoms with E-state index in [4.69, 9.17) is 16.3 Å². The lowest BCUT2D eigenvalue weighted by molar-refractivity contribution is -0.137. The van der Waals surface area contributed by atoms with Gasteiger partial charge in [-0.3, -0.25) is 4.79 Å². The molecule has 0 unspecified atom stereocenters. The van der Waals surface area contributed by atoms with Gasteiger partial charge in [-0.25, -0.2) is 14.9 Å². The molecule has 0 aliphatic carbocycles. The Kier molecular flexibility index (Phi) is 4.38. The molecule has 2 heterocycles. The molecule has 1 aliphatic rings. The van der Waals surface area contributed by atoms with Crippen molar-refractivity contribution in [2.75, 3.05) is 0 Å². The molecule has 0 saturated carbocycles. The molecule has 1 aromatic carbocycles. The summed E-state index contributed by atoms with van der Waals surface area (Å²) < 4.78 is 6.82. The number of hydrogen-bond donors (Lipinski definition) is 1. The van der Waals surface area contributed by atoms with E-state index >= 15 is 0 Å². The lowest BCUT2D eigenvalue weighted by Crippen LogP contribution is -2.30. The van der Waals surface area contributed by atoms with Crippen molar-refractivity contribution in [3.05, 3.63) is 47.2 Å². The summed E-state index contributed by atoms with van der Waals surface area (Å²) in [6, 6.07) is 8.98. The minimum absolute atomic E-state index is 0.0341. The average Bonchev–Trinajstić information content (AvgIpc) is 3.03. The van der Waals surface area contributed by atoms with Crippen LogP contribution in [-0.4, -0.2) is 27.4 Å². The van der Waals surface area contributed by atoms with Crippen molar-refractivity contribution in [2.45, 2.75) is 19.4 Å². The van der Waals surface area contributed by atoms with E-state index in [1.807, 2.05) is 12.1 Å². The zero-order valence-corrected chi connectivity index (χ0v) is 12.8. The standard InChI is InChI=1S/C15H13ClN4O3/c16-10-1-3-12(4-2-10)20-8-7-11(19-20)9-23-15(22)13-5-6-14(21)18-17-13/h1-4,7-8H,5-6,9H2,(H,18,21). The number of hydrazone groups is 1. The Hall–Kier alpha value is -2.67. The van der Waals surface area contributed by atoms with Gasteiger partial charge in [0.05, 0.1) is 5.69 Å². The van der Waals surface area contributed by atoms with Gasteiger partial charge in [0, 0.05) is 24.1 Å². The summed E-state index contributed by atoms with van der Waals surface area (Å²) in [5.74, 6) is -0.755. The molecule has 1 aromatic heterocycles. The van der Waals surface area contributed by atoms with Gasteiger partial charge >= 0.3 is 5.97 Å². The topological polar surface area (TPSA) is 85.6 Å². The molecule has 0 fully saturated rings. The predicted octanol–water partition coefficient (Wildman–Crippen LogP) is 1.83. The maximum Gasteiger partial charge on any atom is 0.354 e. The number of benzene rings is 1. The van der Waals surface area contributed by atoms with Crippen molar-refractivity contribution in [1.29, 1.82) is 0 Å². The molecule has 0 atom stereocenters. The fourth-order valence-corrected chi connectivity index (χ4v) is 2.15. The molecule has 0 bridgehead atoms. The number of aromatic nitrogens is 2. The highest BCUT2D eigenvalue weighted by molar-refractivity contribution is 6.37. The first-order valence-corrected chi connectivity index (χ1v) is 7.32. The van der Waals surface area contributed by atoms with Crippen LogP contribution in [0.15, 0.2) is 41.6 Å². The molecule has 1 amide bonds. The summed E-state index contributed by atoms with van der Waals surface area (Å²) in [7, 11) is 0. The van der Waals surface area contributed by atoms with Crippen molar-refractivity contribution in [2.24, 2.45) is 5.10 Å². The molecule has 7 nitrogen and oxygen atoms in total. The number of ether oxygens (including phenoxy) is 1. The molecule has 1 aliphatic heterocycles. The molecule has 8 heteroatoms. The third kappa shape index (κ3) is 3.75. The predicted molar refractivity (Wildman–Crippen MR) is 83.2 cm³/mol. The molecule has 23 heavy (non-hydrogen) atoms. The number of carbonyl (C=O) groups is 2. The van der Waals surface area contributed by atoms with Crippen LogP contribution >= 0.6 is 11.6 Å². The van der Waals surface area contributed by atoms with Crippen LogP contribution in [0.3, 0.4) is 0 Å². The monoisotopic (exact) mass is 332 g/mol. The number of carbonyl (C=O) groups excluding carboxylic acids is 2. The number of amides is 1. The van der Waals surface area contributed by atoms with Gasteiger partial charge < -0.3 is 4.74 Å². The maximum atomic E-state index is 11.8. The van der Waals surface area contributed by atoms with Gasteiger partial charge in [0.2, 0.25) is 5.91 Å². The van der Waals surface area contributed by atoms with E-state index in [0.717, 1.165) is 5.69 Å². The summed E-state index contributed by atoms with van der Waals surface area (Å²) in [5.41, 5.74) is 3.93. The van der Waals surface area contributed by atoms with Crippen molar-refractivity contribution >= 4 is 29.2 Å². The van der Waals surface area contributed by atoms with E-state index in [0.29, 0.717) is 10.7 Å². The van der Waals surface area contributed by atoms with Gasteiger partial charge in [0.1, 0.15) is 18.0 Å². The third-order valence-corrected chi connectivity index (χ3v) is 3.48. The van der Waals surface area contributed by atoms with Crippen molar-refractivity contribution in [3.8, 4) is 5.69 Å². The van der Waals surface area contributed by atoms with E-state index in [1.54, 1.807) is 29.1 Å². The second kappa shape index (κ2) is 6.62. The van der Waals surface area contributed by atoms with E-state index in [-0.39, 0.29) is 31.1 Å². The van der Waals surface area contributed by atoms with Crippen LogP contribution in [0.4, 0.5) is 0 Å². The van der Waals surface area contributed by atoms with Crippen LogP contribution in [-0.2, 0) is 20.9 Å². The van der Waals surface area contributed by atoms with Gasteiger partial charge in [-0.05, 0) is 30.3 Å². The lowest BCUT2D eigenvalue weighted by Gasteiger charge is -2.10. The van der Waals surface area contributed by atoms with E-state index in [9.17, 15) is 9.59 Å². The molecule has 0 radical (unpaired) electrons. The summed E-state index contributed by atoms with van der Waals surface area (Å²) >= 11 is 5.85. The summed E-state index contributed by atoms with van der Waals surface area (Å²) in [6.45, 7) is 0.0341. The van der Waals surface area contributed by atoms with Crippen LogP contribution < -0.4 is 5.43 Å². The minimum Gasteiger partial charge on any atom is -0.455 e. The fourth-order valence-electron chi connectivity index (χ4n) is 2.02. The first-order valence-electron chi connectivity index (χ1n) is 6.95. The van der Waals surface area contributed by atoms with Crippen LogP contribution in [0.1, 0.15) is 18.5 Å². The Morgan fingerprint density at radius 3 is 2.74 bits per heavy atom. The molecule has 2 aromatic rings. The Bertz CT molecular complexity index is 767. The number of rotatable bonds is 4. The SMILES string of the molecule is O=C1CCC(C(=O)OCc2ccn(-c3ccc(Cl)cc3)n2)=NN1. The quantitative estimate of drug-likeness (QED) is 0.866. The van der Waals surface area contributed by atoms with Crippen molar-refractivity contribution < 1.29 is 14.3 Å². The number of nitrogens with one attached hydrogen (secondary N) is 1. The number of nitrogens with zero attached hydrogens (tertiary/aromatic N) is 3. The van der Waals surface area contributed by atoms with Crippen LogP contribution in [0.2, 0.25) is 5.02 Å². The summed E-state index contributed by atoms with van der Waals surface area (Å²) in [6.07, 6.45) is 2.29. The molecule has 118 valence electrons. The Morgan fingerprint density at radius 2 is 2.04 bits per heavy atom. The first kappa shape index (κ1) is 15.2. The highest BCUT2D eigenvalue weighted by atomic mass is 35.5. The Morgan fingerprint density at radius 1 is 1.26 bits per heavy atom. The Labute approximate surface area is 136 Å². The Balaban J connectivity index is 1.60. The molecular formula is C15H13ClN4O3. The molecule has 0 spiro atoms. The van der Waals surface area contributed by atoms with Gasteiger partial charge in [-0.1, -0.05) is 11.6 Å². The van der Waals surface area contributed by atoms with Gasteiger partial charge in [-0.2, -0.15) is 10.2 Å². The number of esters is 1. The molecule has 1 N–H and O–H groups in total. The number of hydrogen-bond acceptors (Lipinski definition) is 5. The second-order valence-electron chi connectivity index (χ2n) is 4.90. The lowest BCUT2D eigenvalue weighted by atomic mass is 10.2. The maximum absolute atomic E-state index is 11.8. The normalized spacial score (nSPS) is 14.1. The fraction of sp³-hybridized carbons (Fsp3) is 0.200. The molecular weight excluding hydrogens is 320 g/mol. The molecule has 0 saturated heterocycles. The highest BCUT2D eigenvalue weighted by Crippen LogP contribution is 2.13. The minimum atomic E-state index is -0.550. The zero-order chi connectivity index (χ0) is 16.2. The van der Waals surface area contributed by atoms with E-state index in [2.05, 4.69) is 15.6 Å². The van der Waals surface area contributed by atoms with Crippen molar-refractivity contribution in [1.82, 2.24) is 15.2 Å². The third-order valence-electron chi connectivity index (χ3n) is 3.23. The van der Waals surface area contributed by atoms with E-state index < -0.39 is 5.97 Å². The van der Waals surface area contributed by atoms with Crippen LogP contribution in [0.5, 0.6) is 0 Å². The van der Waals surface area contributed by atoms with E-state index in [1.165, 1.54) is 0 Å². The van der Waals surface area contributed by atoms with Gasteiger partial charge in [0.15, 0.2) is 0 Å². The summed E-state index contributed by atoms with van der Waals surface area (Å²) in [4.78, 5) is 22.8. The average molecular weight is 333 g/mol. The summed E-state index contributed by atoms with van der Waals surface area (Å²) in [5, 5.41) is 8.66. The van der Waals surface area contributed by atoms with Crippen LogP contribution in [0.25, 0.3) is 5.69 Å². The zero-order valence-electron chi connectivity index (χ0n) is 12.0.